The number of ether oxygens (including phenoxy) is 1. The molecule has 0 saturated heterocycles. The summed E-state index contributed by atoms with van der Waals surface area (Å²) in [5.41, 5.74) is 6.65. The third-order valence-corrected chi connectivity index (χ3v) is 2.48. The van der Waals surface area contributed by atoms with Crippen LogP contribution in [0.5, 0.6) is 11.5 Å². The number of rotatable bonds is 5. The molecule has 2 rings (SSSR count). The van der Waals surface area contributed by atoms with Crippen molar-refractivity contribution >= 4 is 0 Å². The van der Waals surface area contributed by atoms with Crippen LogP contribution in [0.2, 0.25) is 0 Å². The molecule has 0 unspecified atom stereocenters. The number of aryl methyl sites for hydroxylation is 1. The fourth-order valence-electron chi connectivity index (χ4n) is 1.65. The standard InChI is InChI=1S/C13H17N3O/c1-2-7-16-10-12(9-15-16)17-13-6-4-3-5-11(13)8-14/h3-6,9-10H,2,7-8,14H2,1H3. The van der Waals surface area contributed by atoms with Gasteiger partial charge in [0, 0.05) is 18.7 Å². The third kappa shape index (κ3) is 2.85. The van der Waals surface area contributed by atoms with Crippen molar-refractivity contribution < 1.29 is 4.74 Å². The molecule has 0 aliphatic rings. The van der Waals surface area contributed by atoms with E-state index in [9.17, 15) is 0 Å². The summed E-state index contributed by atoms with van der Waals surface area (Å²) >= 11 is 0. The molecule has 4 heteroatoms. The first-order chi connectivity index (χ1) is 8.33. The molecule has 17 heavy (non-hydrogen) atoms. The summed E-state index contributed by atoms with van der Waals surface area (Å²) in [6.45, 7) is 3.49. The lowest BCUT2D eigenvalue weighted by molar-refractivity contribution is 0.474. The lowest BCUT2D eigenvalue weighted by Gasteiger charge is -2.07. The largest absolute Gasteiger partial charge is 0.454 e. The van der Waals surface area contributed by atoms with Crippen LogP contribution in [-0.2, 0) is 13.1 Å². The topological polar surface area (TPSA) is 53.1 Å². The molecule has 0 amide bonds. The molecule has 0 fully saturated rings. The SMILES string of the molecule is CCCn1cc(Oc2ccccc2CN)cn1. The highest BCUT2D eigenvalue weighted by Crippen LogP contribution is 2.24. The van der Waals surface area contributed by atoms with Crippen LogP contribution in [-0.4, -0.2) is 9.78 Å². The average Bonchev–Trinajstić information content (AvgIpc) is 2.78. The maximum Gasteiger partial charge on any atom is 0.165 e. The lowest BCUT2D eigenvalue weighted by atomic mass is 10.2. The summed E-state index contributed by atoms with van der Waals surface area (Å²) in [5.74, 6) is 1.55. The third-order valence-electron chi connectivity index (χ3n) is 2.48. The molecule has 0 saturated carbocycles. The second-order valence-corrected chi connectivity index (χ2v) is 3.85. The van der Waals surface area contributed by atoms with Crippen LogP contribution in [0.1, 0.15) is 18.9 Å². The molecule has 0 aliphatic heterocycles. The fraction of sp³-hybridized carbons (Fsp3) is 0.308. The number of nitrogens with two attached hydrogens (primary N) is 1. The minimum atomic E-state index is 0.471. The maximum atomic E-state index is 5.76. The van der Waals surface area contributed by atoms with Gasteiger partial charge in [-0.15, -0.1) is 0 Å². The summed E-state index contributed by atoms with van der Waals surface area (Å²) in [6.07, 6.45) is 4.68. The van der Waals surface area contributed by atoms with E-state index in [0.717, 1.165) is 30.0 Å². The molecule has 1 aromatic carbocycles. The fourth-order valence-corrected chi connectivity index (χ4v) is 1.65. The number of aromatic nitrogens is 2. The van der Waals surface area contributed by atoms with E-state index in [1.165, 1.54) is 0 Å². The Balaban J connectivity index is 2.13. The first-order valence-electron chi connectivity index (χ1n) is 5.81. The van der Waals surface area contributed by atoms with Crippen LogP contribution in [0.15, 0.2) is 36.7 Å². The van der Waals surface area contributed by atoms with Gasteiger partial charge in [0.1, 0.15) is 5.75 Å². The molecule has 4 nitrogen and oxygen atoms in total. The van der Waals surface area contributed by atoms with Gasteiger partial charge in [0.15, 0.2) is 5.75 Å². The molecule has 1 aromatic heterocycles. The molecule has 0 aliphatic carbocycles. The molecule has 0 spiro atoms. The van der Waals surface area contributed by atoms with Crippen LogP contribution in [0.3, 0.4) is 0 Å². The van der Waals surface area contributed by atoms with E-state index in [2.05, 4.69) is 12.0 Å². The molecular formula is C13H17N3O. The molecule has 90 valence electrons. The van der Waals surface area contributed by atoms with Gasteiger partial charge in [0.05, 0.1) is 12.4 Å². The summed E-state index contributed by atoms with van der Waals surface area (Å²) < 4.78 is 7.64. The van der Waals surface area contributed by atoms with Crippen molar-refractivity contribution in [1.29, 1.82) is 0 Å². The van der Waals surface area contributed by atoms with E-state index in [4.69, 9.17) is 10.5 Å². The predicted octanol–water partition coefficient (Wildman–Crippen LogP) is 2.54. The Morgan fingerprint density at radius 3 is 2.94 bits per heavy atom. The van der Waals surface area contributed by atoms with E-state index in [1.54, 1.807) is 6.20 Å². The maximum absolute atomic E-state index is 5.76. The molecule has 2 aromatic rings. The molecular weight excluding hydrogens is 214 g/mol. The van der Waals surface area contributed by atoms with Gasteiger partial charge in [-0.05, 0) is 12.5 Å². The normalized spacial score (nSPS) is 10.5. The molecule has 2 N–H and O–H groups in total. The van der Waals surface area contributed by atoms with E-state index >= 15 is 0 Å². The quantitative estimate of drug-likeness (QED) is 0.860. The van der Waals surface area contributed by atoms with Gasteiger partial charge in [-0.2, -0.15) is 5.10 Å². The molecule has 0 bridgehead atoms. The van der Waals surface area contributed by atoms with Crippen LogP contribution < -0.4 is 10.5 Å². The Morgan fingerprint density at radius 2 is 2.18 bits per heavy atom. The minimum Gasteiger partial charge on any atom is -0.454 e. The Kier molecular flexibility index (Phi) is 3.77. The van der Waals surface area contributed by atoms with Crippen molar-refractivity contribution in [1.82, 2.24) is 9.78 Å². The number of para-hydroxylation sites is 1. The van der Waals surface area contributed by atoms with Gasteiger partial charge in [-0.25, -0.2) is 0 Å². The zero-order chi connectivity index (χ0) is 12.1. The van der Waals surface area contributed by atoms with Crippen LogP contribution in [0, 0.1) is 0 Å². The van der Waals surface area contributed by atoms with Gasteiger partial charge in [0.25, 0.3) is 0 Å². The van der Waals surface area contributed by atoms with Crippen LogP contribution in [0.4, 0.5) is 0 Å². The van der Waals surface area contributed by atoms with Gasteiger partial charge in [0.2, 0.25) is 0 Å². The van der Waals surface area contributed by atoms with Crippen LogP contribution >= 0.6 is 0 Å². The minimum absolute atomic E-state index is 0.471. The Labute approximate surface area is 101 Å². The number of hydrogen-bond acceptors (Lipinski definition) is 3. The van der Waals surface area contributed by atoms with Crippen molar-refractivity contribution in [2.75, 3.05) is 0 Å². The second kappa shape index (κ2) is 5.50. The summed E-state index contributed by atoms with van der Waals surface area (Å²) in [4.78, 5) is 0. The summed E-state index contributed by atoms with van der Waals surface area (Å²) in [7, 11) is 0. The highest BCUT2D eigenvalue weighted by Gasteiger charge is 2.04. The average molecular weight is 231 g/mol. The van der Waals surface area contributed by atoms with E-state index in [1.807, 2.05) is 35.1 Å². The Morgan fingerprint density at radius 1 is 1.35 bits per heavy atom. The van der Waals surface area contributed by atoms with E-state index < -0.39 is 0 Å². The van der Waals surface area contributed by atoms with Crippen LogP contribution in [0.25, 0.3) is 0 Å². The van der Waals surface area contributed by atoms with Crippen molar-refractivity contribution in [3.8, 4) is 11.5 Å². The highest BCUT2D eigenvalue weighted by molar-refractivity contribution is 5.36. The number of benzene rings is 1. The first kappa shape index (κ1) is 11.7. The molecule has 0 radical (unpaired) electrons. The zero-order valence-corrected chi connectivity index (χ0v) is 9.97. The van der Waals surface area contributed by atoms with Crippen molar-refractivity contribution in [3.05, 3.63) is 42.2 Å². The molecule has 1 heterocycles. The zero-order valence-electron chi connectivity index (χ0n) is 9.97. The first-order valence-corrected chi connectivity index (χ1v) is 5.81. The second-order valence-electron chi connectivity index (χ2n) is 3.85. The number of hydrogen-bond donors (Lipinski definition) is 1. The van der Waals surface area contributed by atoms with Gasteiger partial charge < -0.3 is 10.5 Å². The smallest absolute Gasteiger partial charge is 0.165 e. The van der Waals surface area contributed by atoms with Crippen molar-refractivity contribution in [2.24, 2.45) is 5.73 Å². The highest BCUT2D eigenvalue weighted by atomic mass is 16.5. The van der Waals surface area contributed by atoms with E-state index in [-0.39, 0.29) is 0 Å². The Hall–Kier alpha value is -1.81. The lowest BCUT2D eigenvalue weighted by Crippen LogP contribution is -1.98. The Bertz CT molecular complexity index is 479. The van der Waals surface area contributed by atoms with Gasteiger partial charge >= 0.3 is 0 Å². The van der Waals surface area contributed by atoms with Gasteiger partial charge in [-0.1, -0.05) is 25.1 Å². The predicted molar refractivity (Wildman–Crippen MR) is 66.9 cm³/mol. The van der Waals surface area contributed by atoms with Crippen molar-refractivity contribution in [2.45, 2.75) is 26.4 Å². The van der Waals surface area contributed by atoms with Crippen molar-refractivity contribution in [3.63, 3.8) is 0 Å². The summed E-state index contributed by atoms with van der Waals surface area (Å²) in [6, 6.07) is 7.77. The van der Waals surface area contributed by atoms with Gasteiger partial charge in [-0.3, -0.25) is 4.68 Å². The van der Waals surface area contributed by atoms with E-state index in [0.29, 0.717) is 6.54 Å². The molecule has 0 atom stereocenters. The monoisotopic (exact) mass is 231 g/mol. The number of nitrogens with zero attached hydrogens (tertiary/aromatic N) is 2. The summed E-state index contributed by atoms with van der Waals surface area (Å²) in [5, 5.41) is 4.22.